The summed E-state index contributed by atoms with van der Waals surface area (Å²) in [7, 11) is 0. The van der Waals surface area contributed by atoms with Crippen LogP contribution in [0.2, 0.25) is 5.02 Å². The zero-order chi connectivity index (χ0) is 26.4. The maximum atomic E-state index is 14.9. The maximum Gasteiger partial charge on any atom is 0.261 e. The van der Waals surface area contributed by atoms with Gasteiger partial charge in [0.15, 0.2) is 5.75 Å². The van der Waals surface area contributed by atoms with Gasteiger partial charge in [-0.1, -0.05) is 24.2 Å². The van der Waals surface area contributed by atoms with E-state index in [1.54, 1.807) is 9.80 Å². The molecule has 4 heterocycles. The van der Waals surface area contributed by atoms with Crippen molar-refractivity contribution in [3.05, 3.63) is 47.3 Å². The number of carbonyl (C=O) groups excluding carboxylic acids is 2. The van der Waals surface area contributed by atoms with Crippen LogP contribution in [-0.4, -0.2) is 89.3 Å². The molecular weight excluding hydrogens is 503 g/mol. The molecule has 0 saturated carbocycles. The Hall–Kier alpha value is -3.37. The van der Waals surface area contributed by atoms with Gasteiger partial charge >= 0.3 is 0 Å². The Morgan fingerprint density at radius 1 is 1.22 bits per heavy atom. The molecule has 2 fully saturated rings. The van der Waals surface area contributed by atoms with Crippen molar-refractivity contribution in [1.82, 2.24) is 14.8 Å². The number of anilines is 1. The van der Waals surface area contributed by atoms with Gasteiger partial charge in [-0.2, -0.15) is 0 Å². The van der Waals surface area contributed by atoms with Gasteiger partial charge in [0, 0.05) is 32.7 Å². The predicted octanol–water partition coefficient (Wildman–Crippen LogP) is 3.09. The number of amides is 2. The van der Waals surface area contributed by atoms with E-state index in [-0.39, 0.29) is 76.3 Å². The second-order valence-electron chi connectivity index (χ2n) is 9.55. The summed E-state index contributed by atoms with van der Waals surface area (Å²) < 4.78 is 27.0. The number of nitrogens with zero attached hydrogens (tertiary/aromatic N) is 4. The number of carbonyl (C=O) groups is 2. The average Bonchev–Trinajstić information content (AvgIpc) is 3.00. The molecule has 2 saturated heterocycles. The number of morpholine rings is 1. The molecular formula is C26H28ClFN4O5. The van der Waals surface area contributed by atoms with Gasteiger partial charge in [0.2, 0.25) is 5.91 Å². The lowest BCUT2D eigenvalue weighted by Crippen LogP contribution is -2.57. The highest BCUT2D eigenvalue weighted by Crippen LogP contribution is 2.46. The fourth-order valence-corrected chi connectivity index (χ4v) is 5.55. The van der Waals surface area contributed by atoms with Crippen LogP contribution in [-0.2, 0) is 9.53 Å². The summed E-state index contributed by atoms with van der Waals surface area (Å²) >= 11 is 6.75. The standard InChI is InChI=1S/C26H28ClFN4O5/c1-4-19(34)30-8-9-32-16(12-30)13-36-24-21(26(32)35)25(31-10-14(2)37-15(3)11-31)29-23(22(24)27)20-17(28)6-5-7-18(20)33/h4-7,14-16,33H,1,8-13H2,2-3H3/t14-,15-,16+/m0/s1. The Morgan fingerprint density at radius 2 is 1.95 bits per heavy atom. The highest BCUT2D eigenvalue weighted by atomic mass is 35.5. The number of piperazine rings is 1. The van der Waals surface area contributed by atoms with E-state index in [1.165, 1.54) is 24.3 Å². The molecule has 1 aromatic heterocycles. The van der Waals surface area contributed by atoms with Crippen LogP contribution in [0.15, 0.2) is 30.9 Å². The van der Waals surface area contributed by atoms with Crippen molar-refractivity contribution in [2.75, 3.05) is 44.2 Å². The lowest BCUT2D eigenvalue weighted by atomic mass is 10.0. The van der Waals surface area contributed by atoms with Crippen molar-refractivity contribution in [3.8, 4) is 22.8 Å². The number of benzene rings is 1. The summed E-state index contributed by atoms with van der Waals surface area (Å²) in [5.74, 6) is -1.22. The van der Waals surface area contributed by atoms with Crippen LogP contribution in [0, 0.1) is 5.82 Å². The van der Waals surface area contributed by atoms with Gasteiger partial charge in [0.1, 0.15) is 40.3 Å². The van der Waals surface area contributed by atoms with E-state index >= 15 is 0 Å². The van der Waals surface area contributed by atoms with Crippen molar-refractivity contribution in [2.45, 2.75) is 32.1 Å². The van der Waals surface area contributed by atoms with E-state index in [0.717, 1.165) is 0 Å². The zero-order valence-electron chi connectivity index (χ0n) is 20.6. The molecule has 3 atom stereocenters. The number of pyridine rings is 1. The lowest BCUT2D eigenvalue weighted by Gasteiger charge is -2.40. The number of aromatic nitrogens is 1. The number of hydrogen-bond acceptors (Lipinski definition) is 7. The molecule has 0 unspecified atom stereocenters. The van der Waals surface area contributed by atoms with Crippen molar-refractivity contribution >= 4 is 29.2 Å². The highest BCUT2D eigenvalue weighted by Gasteiger charge is 2.41. The summed E-state index contributed by atoms with van der Waals surface area (Å²) in [4.78, 5) is 36.1. The quantitative estimate of drug-likeness (QED) is 0.609. The smallest absolute Gasteiger partial charge is 0.261 e. The first-order valence-electron chi connectivity index (χ1n) is 12.2. The molecule has 0 spiro atoms. The summed E-state index contributed by atoms with van der Waals surface area (Å²) in [6.45, 7) is 9.27. The lowest BCUT2D eigenvalue weighted by molar-refractivity contribution is -0.128. The minimum atomic E-state index is -0.708. The van der Waals surface area contributed by atoms with Gasteiger partial charge in [-0.25, -0.2) is 9.37 Å². The third-order valence-electron chi connectivity index (χ3n) is 6.89. The molecule has 2 aromatic rings. The average molecular weight is 531 g/mol. The molecule has 0 radical (unpaired) electrons. The Bertz CT molecular complexity index is 1240. The number of ether oxygens (including phenoxy) is 2. The first kappa shape index (κ1) is 25.3. The first-order valence-corrected chi connectivity index (χ1v) is 12.5. The number of hydrogen-bond donors (Lipinski definition) is 1. The molecule has 5 rings (SSSR count). The normalized spacial score (nSPS) is 23.6. The molecule has 1 N–H and O–H groups in total. The van der Waals surface area contributed by atoms with Gasteiger partial charge in [0.25, 0.3) is 5.91 Å². The molecule has 196 valence electrons. The molecule has 1 aromatic carbocycles. The second kappa shape index (κ2) is 9.83. The van der Waals surface area contributed by atoms with Gasteiger partial charge in [-0.15, -0.1) is 0 Å². The summed E-state index contributed by atoms with van der Waals surface area (Å²) in [6.07, 6.45) is 0.951. The van der Waals surface area contributed by atoms with Crippen LogP contribution in [0.3, 0.4) is 0 Å². The molecule has 9 nitrogen and oxygen atoms in total. The summed E-state index contributed by atoms with van der Waals surface area (Å²) in [6, 6.07) is 3.51. The van der Waals surface area contributed by atoms with E-state index < -0.39 is 11.9 Å². The third kappa shape index (κ3) is 4.48. The topological polar surface area (TPSA) is 95.4 Å². The van der Waals surface area contributed by atoms with Gasteiger partial charge in [0.05, 0.1) is 23.8 Å². The zero-order valence-corrected chi connectivity index (χ0v) is 21.4. The summed E-state index contributed by atoms with van der Waals surface area (Å²) in [5.41, 5.74) is -0.0162. The number of phenols is 1. The molecule has 2 amide bonds. The van der Waals surface area contributed by atoms with Crippen molar-refractivity contribution < 1.29 is 28.6 Å². The Labute approximate surface area is 219 Å². The van der Waals surface area contributed by atoms with Crippen LogP contribution in [0.5, 0.6) is 11.5 Å². The van der Waals surface area contributed by atoms with Gasteiger partial charge < -0.3 is 29.3 Å². The maximum absolute atomic E-state index is 14.9. The molecule has 11 heteroatoms. The molecule has 3 aliphatic rings. The predicted molar refractivity (Wildman–Crippen MR) is 136 cm³/mol. The van der Waals surface area contributed by atoms with E-state index in [0.29, 0.717) is 26.2 Å². The van der Waals surface area contributed by atoms with Crippen LogP contribution < -0.4 is 9.64 Å². The number of fused-ring (bicyclic) bond motifs is 2. The van der Waals surface area contributed by atoms with Crippen molar-refractivity contribution in [2.24, 2.45) is 0 Å². The highest BCUT2D eigenvalue weighted by molar-refractivity contribution is 6.35. The monoisotopic (exact) mass is 530 g/mol. The van der Waals surface area contributed by atoms with Crippen LogP contribution >= 0.6 is 11.6 Å². The van der Waals surface area contributed by atoms with E-state index in [4.69, 9.17) is 21.1 Å². The minimum Gasteiger partial charge on any atom is -0.507 e. The minimum absolute atomic E-state index is 0.0195. The first-order chi connectivity index (χ1) is 17.7. The molecule has 0 bridgehead atoms. The number of halogens is 2. The second-order valence-corrected chi connectivity index (χ2v) is 9.93. The fourth-order valence-electron chi connectivity index (χ4n) is 5.27. The van der Waals surface area contributed by atoms with E-state index in [2.05, 4.69) is 11.6 Å². The fraction of sp³-hybridized carbons (Fsp3) is 0.423. The Balaban J connectivity index is 1.67. The molecule has 37 heavy (non-hydrogen) atoms. The van der Waals surface area contributed by atoms with Crippen molar-refractivity contribution in [1.29, 1.82) is 0 Å². The SMILES string of the molecule is C=CC(=O)N1CCN2C(=O)c3c(N4C[C@H](C)O[C@@H](C)C4)nc(-c4c(O)cccc4F)c(Cl)c3OC[C@H]2C1. The Kier molecular flexibility index (Phi) is 6.72. The number of rotatable bonds is 3. The van der Waals surface area contributed by atoms with Crippen molar-refractivity contribution in [3.63, 3.8) is 0 Å². The van der Waals surface area contributed by atoms with Gasteiger partial charge in [-0.05, 0) is 32.1 Å². The largest absolute Gasteiger partial charge is 0.507 e. The Morgan fingerprint density at radius 3 is 2.62 bits per heavy atom. The van der Waals surface area contributed by atoms with Crippen LogP contribution in [0.4, 0.5) is 10.2 Å². The number of phenolic OH excluding ortho intramolecular Hbond substituents is 1. The number of aromatic hydroxyl groups is 1. The van der Waals surface area contributed by atoms with Crippen LogP contribution in [0.25, 0.3) is 11.3 Å². The molecule has 3 aliphatic heterocycles. The van der Waals surface area contributed by atoms with E-state index in [9.17, 15) is 19.1 Å². The third-order valence-corrected chi connectivity index (χ3v) is 7.24. The van der Waals surface area contributed by atoms with Crippen LogP contribution in [0.1, 0.15) is 24.2 Å². The van der Waals surface area contributed by atoms with Gasteiger partial charge in [-0.3, -0.25) is 9.59 Å². The van der Waals surface area contributed by atoms with E-state index in [1.807, 2.05) is 18.7 Å². The summed E-state index contributed by atoms with van der Waals surface area (Å²) in [5, 5.41) is 10.4. The molecule has 0 aliphatic carbocycles.